The standard InChI is InChI=1S/C7H6N2S/c8-3-5-1-2-6-7(5)10-4-9-6/h4-5H,1-2H2/t5-/m0/s1. The monoisotopic (exact) mass is 150 g/mol. The average molecular weight is 150 g/mol. The lowest BCUT2D eigenvalue weighted by Gasteiger charge is -1.91. The van der Waals surface area contributed by atoms with Gasteiger partial charge in [-0.3, -0.25) is 0 Å². The van der Waals surface area contributed by atoms with Crippen LogP contribution in [-0.2, 0) is 6.42 Å². The van der Waals surface area contributed by atoms with Gasteiger partial charge in [-0.05, 0) is 12.8 Å². The highest BCUT2D eigenvalue weighted by atomic mass is 32.1. The topological polar surface area (TPSA) is 36.7 Å². The lowest BCUT2D eigenvalue weighted by molar-refractivity contribution is 0.825. The number of aromatic nitrogens is 1. The smallest absolute Gasteiger partial charge is 0.0828 e. The van der Waals surface area contributed by atoms with E-state index in [-0.39, 0.29) is 5.92 Å². The van der Waals surface area contributed by atoms with Gasteiger partial charge in [0.1, 0.15) is 0 Å². The van der Waals surface area contributed by atoms with Crippen LogP contribution in [-0.4, -0.2) is 4.98 Å². The molecule has 0 fully saturated rings. The molecule has 0 spiro atoms. The molecule has 0 radical (unpaired) electrons. The Morgan fingerprint density at radius 1 is 1.80 bits per heavy atom. The summed E-state index contributed by atoms with van der Waals surface area (Å²) in [5, 5.41) is 8.66. The van der Waals surface area contributed by atoms with Gasteiger partial charge in [-0.1, -0.05) is 0 Å². The van der Waals surface area contributed by atoms with Gasteiger partial charge in [0, 0.05) is 4.88 Å². The van der Waals surface area contributed by atoms with Crippen molar-refractivity contribution < 1.29 is 0 Å². The number of aryl methyl sites for hydroxylation is 1. The maximum atomic E-state index is 8.66. The molecule has 1 heterocycles. The van der Waals surface area contributed by atoms with Gasteiger partial charge >= 0.3 is 0 Å². The number of thiazole rings is 1. The van der Waals surface area contributed by atoms with Crippen LogP contribution in [0.1, 0.15) is 22.9 Å². The molecule has 0 unspecified atom stereocenters. The van der Waals surface area contributed by atoms with Gasteiger partial charge in [0.05, 0.1) is 23.2 Å². The van der Waals surface area contributed by atoms with Crippen molar-refractivity contribution in [1.29, 1.82) is 5.26 Å². The number of hydrogen-bond acceptors (Lipinski definition) is 3. The van der Waals surface area contributed by atoms with E-state index in [4.69, 9.17) is 5.26 Å². The maximum Gasteiger partial charge on any atom is 0.0828 e. The molecule has 0 aromatic carbocycles. The zero-order chi connectivity index (χ0) is 6.97. The quantitative estimate of drug-likeness (QED) is 0.564. The maximum absolute atomic E-state index is 8.66. The van der Waals surface area contributed by atoms with E-state index in [2.05, 4.69) is 11.1 Å². The van der Waals surface area contributed by atoms with Crippen LogP contribution in [0.25, 0.3) is 0 Å². The van der Waals surface area contributed by atoms with E-state index < -0.39 is 0 Å². The summed E-state index contributed by atoms with van der Waals surface area (Å²) in [6, 6.07) is 2.28. The molecule has 0 amide bonds. The third-order valence-electron chi connectivity index (χ3n) is 1.81. The van der Waals surface area contributed by atoms with Crippen LogP contribution < -0.4 is 0 Å². The summed E-state index contributed by atoms with van der Waals surface area (Å²) in [5.74, 6) is 0.141. The summed E-state index contributed by atoms with van der Waals surface area (Å²) >= 11 is 1.61. The summed E-state index contributed by atoms with van der Waals surface area (Å²) in [6.07, 6.45) is 1.97. The zero-order valence-corrected chi connectivity index (χ0v) is 6.19. The highest BCUT2D eigenvalue weighted by Gasteiger charge is 2.24. The summed E-state index contributed by atoms with van der Waals surface area (Å²) in [6.45, 7) is 0. The van der Waals surface area contributed by atoms with E-state index in [9.17, 15) is 0 Å². The van der Waals surface area contributed by atoms with Crippen LogP contribution in [0.15, 0.2) is 5.51 Å². The predicted octanol–water partition coefficient (Wildman–Crippen LogP) is 1.70. The first-order valence-electron chi connectivity index (χ1n) is 3.23. The van der Waals surface area contributed by atoms with E-state index in [1.165, 1.54) is 4.88 Å². The first-order chi connectivity index (χ1) is 4.92. The molecule has 0 aliphatic heterocycles. The Kier molecular flexibility index (Phi) is 1.21. The Morgan fingerprint density at radius 3 is 3.50 bits per heavy atom. The van der Waals surface area contributed by atoms with E-state index in [1.54, 1.807) is 11.3 Å². The average Bonchev–Trinajstić information content (AvgIpc) is 2.44. The third kappa shape index (κ3) is 0.659. The summed E-state index contributed by atoms with van der Waals surface area (Å²) in [4.78, 5) is 5.36. The second kappa shape index (κ2) is 2.06. The minimum Gasteiger partial charge on any atom is -0.249 e. The molecule has 10 heavy (non-hydrogen) atoms. The molecule has 1 aromatic heterocycles. The molecule has 1 atom stereocenters. The molecule has 50 valence electrons. The fourth-order valence-corrected chi connectivity index (χ4v) is 2.20. The molecule has 2 rings (SSSR count). The van der Waals surface area contributed by atoms with Crippen LogP contribution in [0.2, 0.25) is 0 Å². The van der Waals surface area contributed by atoms with Gasteiger partial charge in [-0.25, -0.2) is 4.98 Å². The van der Waals surface area contributed by atoms with Gasteiger partial charge in [0.15, 0.2) is 0 Å². The van der Waals surface area contributed by atoms with Crippen LogP contribution in [0.5, 0.6) is 0 Å². The molecule has 1 aliphatic rings. The zero-order valence-electron chi connectivity index (χ0n) is 5.37. The fourth-order valence-electron chi connectivity index (χ4n) is 1.28. The number of rotatable bonds is 0. The highest BCUT2D eigenvalue weighted by Crippen LogP contribution is 2.34. The number of nitrogens with zero attached hydrogens (tertiary/aromatic N) is 2. The van der Waals surface area contributed by atoms with Gasteiger partial charge in [0.25, 0.3) is 0 Å². The molecular formula is C7H6N2S. The van der Waals surface area contributed by atoms with Crippen molar-refractivity contribution in [2.45, 2.75) is 18.8 Å². The molecule has 3 heteroatoms. The lowest BCUT2D eigenvalue weighted by atomic mass is 10.1. The summed E-state index contributed by atoms with van der Waals surface area (Å²) < 4.78 is 0. The van der Waals surface area contributed by atoms with E-state index in [1.807, 2.05) is 5.51 Å². The van der Waals surface area contributed by atoms with Crippen molar-refractivity contribution in [2.24, 2.45) is 0 Å². The van der Waals surface area contributed by atoms with Gasteiger partial charge in [-0.15, -0.1) is 11.3 Å². The van der Waals surface area contributed by atoms with Crippen molar-refractivity contribution in [3.8, 4) is 6.07 Å². The molecule has 0 bridgehead atoms. The van der Waals surface area contributed by atoms with Crippen molar-refractivity contribution in [3.05, 3.63) is 16.1 Å². The van der Waals surface area contributed by atoms with Crippen molar-refractivity contribution in [1.82, 2.24) is 4.98 Å². The molecule has 0 saturated heterocycles. The Morgan fingerprint density at radius 2 is 2.70 bits per heavy atom. The summed E-state index contributed by atoms with van der Waals surface area (Å²) in [7, 11) is 0. The molecular weight excluding hydrogens is 144 g/mol. The minimum atomic E-state index is 0.141. The molecule has 0 N–H and O–H groups in total. The largest absolute Gasteiger partial charge is 0.249 e. The number of hydrogen-bond donors (Lipinski definition) is 0. The fraction of sp³-hybridized carbons (Fsp3) is 0.429. The van der Waals surface area contributed by atoms with Crippen LogP contribution in [0.3, 0.4) is 0 Å². The number of fused-ring (bicyclic) bond motifs is 1. The van der Waals surface area contributed by atoms with Gasteiger partial charge < -0.3 is 0 Å². The molecule has 2 nitrogen and oxygen atoms in total. The second-order valence-corrected chi connectivity index (χ2v) is 3.27. The van der Waals surface area contributed by atoms with Crippen LogP contribution in [0.4, 0.5) is 0 Å². The molecule has 1 aliphatic carbocycles. The van der Waals surface area contributed by atoms with Crippen molar-refractivity contribution >= 4 is 11.3 Å². The predicted molar refractivity (Wildman–Crippen MR) is 38.8 cm³/mol. The SMILES string of the molecule is N#C[C@@H]1CCc2ncsc21. The normalized spacial score (nSPS) is 22.1. The van der Waals surface area contributed by atoms with E-state index in [0.29, 0.717) is 0 Å². The second-order valence-electron chi connectivity index (χ2n) is 2.38. The Labute approximate surface area is 63.1 Å². The van der Waals surface area contributed by atoms with Gasteiger partial charge in [0.2, 0.25) is 0 Å². The summed E-state index contributed by atoms with van der Waals surface area (Å²) in [5.41, 5.74) is 2.98. The Hall–Kier alpha value is -0.880. The van der Waals surface area contributed by atoms with E-state index in [0.717, 1.165) is 18.5 Å². The highest BCUT2D eigenvalue weighted by molar-refractivity contribution is 7.09. The first-order valence-corrected chi connectivity index (χ1v) is 4.11. The first kappa shape index (κ1) is 5.87. The van der Waals surface area contributed by atoms with Crippen molar-refractivity contribution in [3.63, 3.8) is 0 Å². The number of nitriles is 1. The van der Waals surface area contributed by atoms with Crippen molar-refractivity contribution in [2.75, 3.05) is 0 Å². The van der Waals surface area contributed by atoms with Gasteiger partial charge in [-0.2, -0.15) is 5.26 Å². The van der Waals surface area contributed by atoms with E-state index >= 15 is 0 Å². The van der Waals surface area contributed by atoms with Crippen LogP contribution >= 0.6 is 11.3 Å². The molecule has 0 saturated carbocycles. The molecule has 1 aromatic rings. The van der Waals surface area contributed by atoms with Crippen LogP contribution in [0, 0.1) is 11.3 Å². The Bertz CT molecular complexity index is 284. The Balaban J connectivity index is 2.46. The minimum absolute atomic E-state index is 0.141. The lowest BCUT2D eigenvalue weighted by Crippen LogP contribution is -1.82. The third-order valence-corrected chi connectivity index (χ3v) is 2.80.